The first-order valence-electron chi connectivity index (χ1n) is 17.6. The van der Waals surface area contributed by atoms with Crippen LogP contribution in [0.3, 0.4) is 0 Å². The van der Waals surface area contributed by atoms with Crippen molar-refractivity contribution in [1.29, 1.82) is 0 Å². The normalized spacial score (nSPS) is 11.9. The molecule has 1 aromatic heterocycles. The lowest BCUT2D eigenvalue weighted by atomic mass is 9.83. The Balaban J connectivity index is 1.22. The lowest BCUT2D eigenvalue weighted by molar-refractivity contribution is 1.66. The molecular formula is C50H30S. The van der Waals surface area contributed by atoms with E-state index in [-0.39, 0.29) is 0 Å². The molecule has 0 unspecified atom stereocenters. The maximum atomic E-state index is 2.46. The van der Waals surface area contributed by atoms with Crippen molar-refractivity contribution in [1.82, 2.24) is 0 Å². The number of hydrogen-bond acceptors (Lipinski definition) is 1. The number of thiophene rings is 1. The van der Waals surface area contributed by atoms with Gasteiger partial charge in [0.2, 0.25) is 0 Å². The summed E-state index contributed by atoms with van der Waals surface area (Å²) in [5.74, 6) is 0. The monoisotopic (exact) mass is 662 g/mol. The van der Waals surface area contributed by atoms with Crippen LogP contribution in [-0.4, -0.2) is 0 Å². The number of hydrogen-bond donors (Lipinski definition) is 0. The first kappa shape index (κ1) is 28.5. The van der Waals surface area contributed by atoms with Gasteiger partial charge >= 0.3 is 0 Å². The molecule has 0 nitrogen and oxygen atoms in total. The van der Waals surface area contributed by atoms with Gasteiger partial charge in [-0.15, -0.1) is 11.3 Å². The van der Waals surface area contributed by atoms with Crippen molar-refractivity contribution in [3.8, 4) is 33.4 Å². The first-order chi connectivity index (χ1) is 25.3. The zero-order valence-corrected chi connectivity index (χ0v) is 28.5. The van der Waals surface area contributed by atoms with Gasteiger partial charge in [0.15, 0.2) is 0 Å². The predicted octanol–water partition coefficient (Wildman–Crippen LogP) is 14.8. The minimum Gasteiger partial charge on any atom is -0.134 e. The summed E-state index contributed by atoms with van der Waals surface area (Å²) in [5, 5.41) is 15.6. The largest absolute Gasteiger partial charge is 0.134 e. The highest BCUT2D eigenvalue weighted by Crippen LogP contribution is 2.49. The van der Waals surface area contributed by atoms with Crippen LogP contribution < -0.4 is 0 Å². The summed E-state index contributed by atoms with van der Waals surface area (Å²) in [4.78, 5) is 0. The van der Waals surface area contributed by atoms with E-state index in [0.29, 0.717) is 0 Å². The second-order valence-corrected chi connectivity index (χ2v) is 14.6. The van der Waals surface area contributed by atoms with Crippen molar-refractivity contribution in [2.45, 2.75) is 0 Å². The molecule has 0 fully saturated rings. The molecule has 236 valence electrons. The van der Waals surface area contributed by atoms with E-state index in [4.69, 9.17) is 0 Å². The summed E-state index contributed by atoms with van der Waals surface area (Å²) >= 11 is 1.92. The standard InChI is InChI=1S/C50H30S/c1-2-15-32(16-3-1)47-39-22-10-12-24-41(39)48(42-25-13-11-23-40(42)47)43-29-28-37(34-18-6-7-19-35(34)43)45-30-46-49(38-21-9-8-20-36(38)45)44-27-26-31-14-4-5-17-33(31)50(44)51-46/h1-30H. The molecule has 0 saturated heterocycles. The molecule has 0 spiro atoms. The molecule has 0 aliphatic carbocycles. The third-order valence-corrected chi connectivity index (χ3v) is 12.0. The van der Waals surface area contributed by atoms with Crippen LogP contribution in [0.5, 0.6) is 0 Å². The molecule has 0 saturated carbocycles. The highest BCUT2D eigenvalue weighted by molar-refractivity contribution is 7.27. The molecule has 1 heterocycles. The lowest BCUT2D eigenvalue weighted by Crippen LogP contribution is -1.92. The predicted molar refractivity (Wildman–Crippen MR) is 223 cm³/mol. The third-order valence-electron chi connectivity index (χ3n) is 10.8. The fourth-order valence-corrected chi connectivity index (χ4v) is 9.97. The number of benzene rings is 10. The van der Waals surface area contributed by atoms with Gasteiger partial charge in [-0.2, -0.15) is 0 Å². The summed E-state index contributed by atoms with van der Waals surface area (Å²) in [6.45, 7) is 0. The SMILES string of the molecule is c1ccc(-c2c3ccccc3c(-c3ccc(-c4cc5sc6c7ccccc7ccc6c5c5ccccc45)c4ccccc34)c3ccccc23)cc1. The summed E-state index contributed by atoms with van der Waals surface area (Å²) in [6.07, 6.45) is 0. The van der Waals surface area contributed by atoms with Crippen molar-refractivity contribution in [3.05, 3.63) is 182 Å². The van der Waals surface area contributed by atoms with Crippen LogP contribution >= 0.6 is 11.3 Å². The van der Waals surface area contributed by atoms with Crippen LogP contribution in [0.2, 0.25) is 0 Å². The fourth-order valence-electron chi connectivity index (χ4n) is 8.68. The molecule has 1 heteroatoms. The summed E-state index contributed by atoms with van der Waals surface area (Å²) < 4.78 is 2.69. The van der Waals surface area contributed by atoms with E-state index in [1.165, 1.54) is 107 Å². The van der Waals surface area contributed by atoms with Crippen molar-refractivity contribution in [2.75, 3.05) is 0 Å². The Morgan fingerprint density at radius 3 is 1.45 bits per heavy atom. The van der Waals surface area contributed by atoms with Crippen molar-refractivity contribution in [3.63, 3.8) is 0 Å². The number of fused-ring (bicyclic) bond motifs is 10. The van der Waals surface area contributed by atoms with Gasteiger partial charge in [0, 0.05) is 20.2 Å². The average Bonchev–Trinajstić information content (AvgIpc) is 3.59. The van der Waals surface area contributed by atoms with Gasteiger partial charge in [-0.3, -0.25) is 0 Å². The van der Waals surface area contributed by atoms with E-state index < -0.39 is 0 Å². The maximum Gasteiger partial charge on any atom is 0.0434 e. The summed E-state index contributed by atoms with van der Waals surface area (Å²) in [6, 6.07) is 67.3. The Bertz CT molecular complexity index is 3130. The van der Waals surface area contributed by atoms with E-state index in [9.17, 15) is 0 Å². The Morgan fingerprint density at radius 1 is 0.294 bits per heavy atom. The molecule has 11 rings (SSSR count). The van der Waals surface area contributed by atoms with Crippen molar-refractivity contribution in [2.24, 2.45) is 0 Å². The second-order valence-electron chi connectivity index (χ2n) is 13.5. The highest BCUT2D eigenvalue weighted by atomic mass is 32.1. The Labute approximate surface area is 299 Å². The van der Waals surface area contributed by atoms with Gasteiger partial charge < -0.3 is 0 Å². The zero-order valence-electron chi connectivity index (χ0n) is 27.7. The molecule has 11 aromatic rings. The van der Waals surface area contributed by atoms with Crippen LogP contribution in [0.15, 0.2) is 182 Å². The van der Waals surface area contributed by atoms with E-state index in [1.807, 2.05) is 11.3 Å². The Kier molecular flexibility index (Phi) is 6.22. The van der Waals surface area contributed by atoms with Gasteiger partial charge in [-0.05, 0) is 93.3 Å². The Morgan fingerprint density at radius 2 is 0.784 bits per heavy atom. The average molecular weight is 663 g/mol. The van der Waals surface area contributed by atoms with Gasteiger partial charge in [-0.1, -0.05) is 176 Å². The van der Waals surface area contributed by atoms with Crippen molar-refractivity contribution < 1.29 is 0 Å². The van der Waals surface area contributed by atoms with Crippen LogP contribution in [0.4, 0.5) is 0 Å². The van der Waals surface area contributed by atoms with Gasteiger partial charge in [0.1, 0.15) is 0 Å². The first-order valence-corrected chi connectivity index (χ1v) is 18.4. The van der Waals surface area contributed by atoms with Crippen LogP contribution in [0, 0.1) is 0 Å². The quantitative estimate of drug-likeness (QED) is 0.165. The van der Waals surface area contributed by atoms with E-state index >= 15 is 0 Å². The van der Waals surface area contributed by atoms with Crippen LogP contribution in [0.1, 0.15) is 0 Å². The minimum atomic E-state index is 1.24. The molecular weight excluding hydrogens is 633 g/mol. The van der Waals surface area contributed by atoms with E-state index in [1.54, 1.807) is 0 Å². The lowest BCUT2D eigenvalue weighted by Gasteiger charge is -2.20. The van der Waals surface area contributed by atoms with Crippen LogP contribution in [-0.2, 0) is 0 Å². The highest BCUT2D eigenvalue weighted by Gasteiger charge is 2.20. The molecule has 0 N–H and O–H groups in total. The zero-order chi connectivity index (χ0) is 33.5. The minimum absolute atomic E-state index is 1.24. The molecule has 0 atom stereocenters. The van der Waals surface area contributed by atoms with E-state index in [2.05, 4.69) is 182 Å². The van der Waals surface area contributed by atoms with Gasteiger partial charge in [0.05, 0.1) is 0 Å². The molecule has 0 aliphatic heterocycles. The summed E-state index contributed by atoms with van der Waals surface area (Å²) in [7, 11) is 0. The maximum absolute atomic E-state index is 2.46. The molecule has 0 radical (unpaired) electrons. The molecule has 51 heavy (non-hydrogen) atoms. The Hall–Kier alpha value is -6.28. The molecule has 0 amide bonds. The third kappa shape index (κ3) is 4.19. The summed E-state index contributed by atoms with van der Waals surface area (Å²) in [5.41, 5.74) is 7.64. The second kappa shape index (κ2) is 11.1. The van der Waals surface area contributed by atoms with Gasteiger partial charge in [0.25, 0.3) is 0 Å². The topological polar surface area (TPSA) is 0 Å². The smallest absolute Gasteiger partial charge is 0.0434 e. The molecule has 0 bridgehead atoms. The van der Waals surface area contributed by atoms with Crippen LogP contribution in [0.25, 0.3) is 107 Å². The fraction of sp³-hybridized carbons (Fsp3) is 0. The van der Waals surface area contributed by atoms with E-state index in [0.717, 1.165) is 0 Å². The van der Waals surface area contributed by atoms with Crippen molar-refractivity contribution >= 4 is 85.4 Å². The molecule has 10 aromatic carbocycles. The molecule has 0 aliphatic rings. The number of rotatable bonds is 3. The van der Waals surface area contributed by atoms with Gasteiger partial charge in [-0.25, -0.2) is 0 Å².